The molecule has 0 bridgehead atoms. The molecular formula is C19H38O3. The van der Waals surface area contributed by atoms with Gasteiger partial charge in [-0.1, -0.05) is 84.0 Å². The SMILES string of the molecule is CCCCCCCCCCCC(O)CCCCCCC(=O)O. The van der Waals surface area contributed by atoms with Crippen molar-refractivity contribution in [3.8, 4) is 0 Å². The molecule has 0 amide bonds. The number of unbranched alkanes of at least 4 members (excludes halogenated alkanes) is 11. The molecule has 0 rings (SSSR count). The zero-order valence-electron chi connectivity index (χ0n) is 14.7. The molecule has 0 aliphatic rings. The van der Waals surface area contributed by atoms with Gasteiger partial charge in [0.25, 0.3) is 0 Å². The molecule has 0 heterocycles. The van der Waals surface area contributed by atoms with Crippen LogP contribution in [0.5, 0.6) is 0 Å². The van der Waals surface area contributed by atoms with Crippen LogP contribution in [0.4, 0.5) is 0 Å². The van der Waals surface area contributed by atoms with Crippen LogP contribution < -0.4 is 0 Å². The summed E-state index contributed by atoms with van der Waals surface area (Å²) in [5.74, 6) is -0.703. The molecule has 0 aromatic carbocycles. The predicted octanol–water partition coefficient (Wildman–Crippen LogP) is 5.69. The lowest BCUT2D eigenvalue weighted by atomic mass is 10.0. The highest BCUT2D eigenvalue weighted by molar-refractivity contribution is 5.66. The van der Waals surface area contributed by atoms with Gasteiger partial charge in [0.1, 0.15) is 0 Å². The number of carboxylic acid groups (broad SMARTS) is 1. The molecular weight excluding hydrogens is 276 g/mol. The van der Waals surface area contributed by atoms with Gasteiger partial charge >= 0.3 is 5.97 Å². The zero-order valence-corrected chi connectivity index (χ0v) is 14.7. The molecule has 0 aliphatic heterocycles. The first-order valence-electron chi connectivity index (χ1n) is 9.56. The fourth-order valence-corrected chi connectivity index (χ4v) is 2.84. The molecule has 2 N–H and O–H groups in total. The number of carboxylic acids is 1. The number of aliphatic hydroxyl groups excluding tert-OH is 1. The molecule has 0 spiro atoms. The minimum absolute atomic E-state index is 0.149. The molecule has 0 radical (unpaired) electrons. The summed E-state index contributed by atoms with van der Waals surface area (Å²) in [7, 11) is 0. The highest BCUT2D eigenvalue weighted by Crippen LogP contribution is 2.14. The lowest BCUT2D eigenvalue weighted by Gasteiger charge is -2.10. The van der Waals surface area contributed by atoms with Crippen molar-refractivity contribution in [3.05, 3.63) is 0 Å². The van der Waals surface area contributed by atoms with Gasteiger partial charge < -0.3 is 10.2 Å². The lowest BCUT2D eigenvalue weighted by Crippen LogP contribution is -2.06. The summed E-state index contributed by atoms with van der Waals surface area (Å²) >= 11 is 0. The van der Waals surface area contributed by atoms with Gasteiger partial charge in [-0.3, -0.25) is 4.79 Å². The van der Waals surface area contributed by atoms with Crippen LogP contribution in [0.1, 0.15) is 110 Å². The van der Waals surface area contributed by atoms with Crippen LogP contribution >= 0.6 is 0 Å². The van der Waals surface area contributed by atoms with E-state index in [-0.39, 0.29) is 12.5 Å². The molecule has 0 aliphatic carbocycles. The Bertz CT molecular complexity index is 241. The average molecular weight is 315 g/mol. The van der Waals surface area contributed by atoms with Crippen molar-refractivity contribution in [3.63, 3.8) is 0 Å². The van der Waals surface area contributed by atoms with Crippen molar-refractivity contribution in [2.45, 2.75) is 116 Å². The Balaban J connectivity index is 3.16. The van der Waals surface area contributed by atoms with Crippen LogP contribution in [0.15, 0.2) is 0 Å². The molecule has 3 heteroatoms. The van der Waals surface area contributed by atoms with Crippen molar-refractivity contribution in [2.75, 3.05) is 0 Å². The minimum Gasteiger partial charge on any atom is -0.481 e. The normalized spacial score (nSPS) is 12.5. The van der Waals surface area contributed by atoms with Crippen molar-refractivity contribution >= 4 is 5.97 Å². The van der Waals surface area contributed by atoms with Crippen molar-refractivity contribution in [1.82, 2.24) is 0 Å². The van der Waals surface area contributed by atoms with Gasteiger partial charge in [0.2, 0.25) is 0 Å². The standard InChI is InChI=1S/C19H38O3/c1-2-3-4-5-6-7-8-9-12-15-18(20)16-13-10-11-14-17-19(21)22/h18,20H,2-17H2,1H3,(H,21,22). The Morgan fingerprint density at radius 3 is 1.59 bits per heavy atom. The van der Waals surface area contributed by atoms with E-state index in [1.54, 1.807) is 0 Å². The number of rotatable bonds is 17. The van der Waals surface area contributed by atoms with E-state index in [4.69, 9.17) is 5.11 Å². The second-order valence-electron chi connectivity index (χ2n) is 6.62. The molecule has 3 nitrogen and oxygen atoms in total. The van der Waals surface area contributed by atoms with Gasteiger partial charge in [-0.05, 0) is 19.3 Å². The lowest BCUT2D eigenvalue weighted by molar-refractivity contribution is -0.137. The van der Waals surface area contributed by atoms with Gasteiger partial charge in [0, 0.05) is 6.42 Å². The molecule has 0 fully saturated rings. The summed E-state index contributed by atoms with van der Waals surface area (Å²) in [5.41, 5.74) is 0. The molecule has 0 saturated carbocycles. The summed E-state index contributed by atoms with van der Waals surface area (Å²) in [4.78, 5) is 10.4. The maximum absolute atomic E-state index is 10.4. The molecule has 0 aromatic heterocycles. The first kappa shape index (κ1) is 21.4. The third-order valence-corrected chi connectivity index (χ3v) is 4.32. The van der Waals surface area contributed by atoms with Gasteiger partial charge in [-0.25, -0.2) is 0 Å². The smallest absolute Gasteiger partial charge is 0.303 e. The van der Waals surface area contributed by atoms with Crippen LogP contribution in [0.2, 0.25) is 0 Å². The summed E-state index contributed by atoms with van der Waals surface area (Å²) in [6, 6.07) is 0. The Morgan fingerprint density at radius 2 is 1.14 bits per heavy atom. The summed E-state index contributed by atoms with van der Waals surface area (Å²) in [5, 5.41) is 18.4. The van der Waals surface area contributed by atoms with Gasteiger partial charge in [0.15, 0.2) is 0 Å². The van der Waals surface area contributed by atoms with Crippen LogP contribution in [-0.2, 0) is 4.79 Å². The molecule has 1 atom stereocenters. The number of aliphatic hydroxyl groups is 1. The maximum Gasteiger partial charge on any atom is 0.303 e. The third-order valence-electron chi connectivity index (χ3n) is 4.32. The van der Waals surface area contributed by atoms with E-state index >= 15 is 0 Å². The molecule has 0 saturated heterocycles. The van der Waals surface area contributed by atoms with Gasteiger partial charge in [-0.15, -0.1) is 0 Å². The van der Waals surface area contributed by atoms with Crippen molar-refractivity contribution in [2.24, 2.45) is 0 Å². The summed E-state index contributed by atoms with van der Waals surface area (Å²) < 4.78 is 0. The minimum atomic E-state index is -0.703. The Hall–Kier alpha value is -0.570. The first-order valence-corrected chi connectivity index (χ1v) is 9.56. The first-order chi connectivity index (χ1) is 10.7. The van der Waals surface area contributed by atoms with Gasteiger partial charge in [0.05, 0.1) is 6.10 Å². The van der Waals surface area contributed by atoms with Crippen LogP contribution in [0.3, 0.4) is 0 Å². The third kappa shape index (κ3) is 17.5. The highest BCUT2D eigenvalue weighted by Gasteiger charge is 2.04. The van der Waals surface area contributed by atoms with E-state index in [0.717, 1.165) is 44.9 Å². The summed E-state index contributed by atoms with van der Waals surface area (Å²) in [6.45, 7) is 2.25. The number of hydrogen-bond acceptors (Lipinski definition) is 2. The van der Waals surface area contributed by atoms with E-state index in [1.807, 2.05) is 0 Å². The average Bonchev–Trinajstić information content (AvgIpc) is 2.48. The van der Waals surface area contributed by atoms with Crippen LogP contribution in [0.25, 0.3) is 0 Å². The topological polar surface area (TPSA) is 57.5 Å². The predicted molar refractivity (Wildman–Crippen MR) is 93.2 cm³/mol. The Kier molecular flexibility index (Phi) is 16.4. The molecule has 22 heavy (non-hydrogen) atoms. The zero-order chi connectivity index (χ0) is 16.5. The monoisotopic (exact) mass is 314 g/mol. The van der Waals surface area contributed by atoms with Crippen LogP contribution in [0, 0.1) is 0 Å². The highest BCUT2D eigenvalue weighted by atomic mass is 16.4. The van der Waals surface area contributed by atoms with E-state index in [9.17, 15) is 9.90 Å². The van der Waals surface area contributed by atoms with Crippen molar-refractivity contribution < 1.29 is 15.0 Å². The van der Waals surface area contributed by atoms with Crippen molar-refractivity contribution in [1.29, 1.82) is 0 Å². The second kappa shape index (κ2) is 16.8. The van der Waals surface area contributed by atoms with E-state index in [1.165, 1.54) is 51.4 Å². The Morgan fingerprint density at radius 1 is 0.727 bits per heavy atom. The fourth-order valence-electron chi connectivity index (χ4n) is 2.84. The number of carbonyl (C=O) groups is 1. The quantitative estimate of drug-likeness (QED) is 0.339. The maximum atomic E-state index is 10.4. The molecule has 1 unspecified atom stereocenters. The Labute approximate surface area is 137 Å². The molecule has 0 aromatic rings. The van der Waals surface area contributed by atoms with E-state index < -0.39 is 5.97 Å². The van der Waals surface area contributed by atoms with E-state index in [2.05, 4.69) is 6.92 Å². The fraction of sp³-hybridized carbons (Fsp3) is 0.947. The second-order valence-corrected chi connectivity index (χ2v) is 6.62. The number of aliphatic carboxylic acids is 1. The number of hydrogen-bond donors (Lipinski definition) is 2. The van der Waals surface area contributed by atoms with Gasteiger partial charge in [-0.2, -0.15) is 0 Å². The van der Waals surface area contributed by atoms with Crippen LogP contribution in [-0.4, -0.2) is 22.3 Å². The summed E-state index contributed by atoms with van der Waals surface area (Å²) in [6.07, 6.45) is 17.7. The largest absolute Gasteiger partial charge is 0.481 e. The molecule has 132 valence electrons. The van der Waals surface area contributed by atoms with E-state index in [0.29, 0.717) is 0 Å².